The van der Waals surface area contributed by atoms with Crippen molar-refractivity contribution in [1.82, 2.24) is 20.9 Å². The monoisotopic (exact) mass is 482 g/mol. The number of nitrogens with two attached hydrogens (primary N) is 2. The quantitative estimate of drug-likeness (QED) is 0.155. The minimum atomic E-state index is -1.45. The Balaban J connectivity index is 2.91. The molecule has 34 heavy (non-hydrogen) atoms. The summed E-state index contributed by atoms with van der Waals surface area (Å²) >= 11 is 0. The van der Waals surface area contributed by atoms with E-state index >= 15 is 0 Å². The van der Waals surface area contributed by atoms with Crippen molar-refractivity contribution in [2.45, 2.75) is 63.7 Å². The van der Waals surface area contributed by atoms with Crippen LogP contribution in [0.15, 0.2) is 12.2 Å². The molecule has 14 heteroatoms. The van der Waals surface area contributed by atoms with Gasteiger partial charge in [0, 0.05) is 12.1 Å². The number of primary amides is 2. The third-order valence-electron chi connectivity index (χ3n) is 5.01. The number of hydrogen-bond donors (Lipinski definition) is 6. The van der Waals surface area contributed by atoms with Gasteiger partial charge in [-0.1, -0.05) is 6.58 Å². The standard InChI is InChI=1S/C20H30N6O8/c1-9(2)16(29)24-11(7-14(21)27)18(31)23-10(3)17(30)25-12(8-15(22)28)19(32)26-6-4-5-13(26)20(33)34/h10-13H,1,4-8H2,2-3H3,(H2,21,27)(H2,22,28)(H,23,31)(H,24,29)(H,25,30)(H,33,34)/t10-,11-,12-,13-/m0/s1. The summed E-state index contributed by atoms with van der Waals surface area (Å²) in [6, 6.07) is -5.21. The molecule has 1 heterocycles. The van der Waals surface area contributed by atoms with Crippen LogP contribution in [0.25, 0.3) is 0 Å². The van der Waals surface area contributed by atoms with Crippen molar-refractivity contribution in [3.8, 4) is 0 Å². The van der Waals surface area contributed by atoms with E-state index in [2.05, 4.69) is 22.5 Å². The molecule has 4 atom stereocenters. The summed E-state index contributed by atoms with van der Waals surface area (Å²) in [5.74, 6) is -6.30. The molecule has 1 aliphatic rings. The average Bonchev–Trinajstić information content (AvgIpc) is 3.21. The van der Waals surface area contributed by atoms with Gasteiger partial charge >= 0.3 is 5.97 Å². The third kappa shape index (κ3) is 8.18. The first-order valence-corrected chi connectivity index (χ1v) is 10.4. The summed E-state index contributed by atoms with van der Waals surface area (Å²) in [4.78, 5) is 85.0. The number of amides is 6. The summed E-state index contributed by atoms with van der Waals surface area (Å²) < 4.78 is 0. The Morgan fingerprint density at radius 3 is 2.03 bits per heavy atom. The average molecular weight is 482 g/mol. The van der Waals surface area contributed by atoms with Gasteiger partial charge in [0.1, 0.15) is 24.2 Å². The Labute approximate surface area is 195 Å². The molecule has 188 valence electrons. The molecule has 0 saturated carbocycles. The molecule has 0 aromatic heterocycles. The second kappa shape index (κ2) is 12.3. The van der Waals surface area contributed by atoms with Gasteiger partial charge in [-0.3, -0.25) is 28.8 Å². The fourth-order valence-corrected chi connectivity index (χ4v) is 3.26. The smallest absolute Gasteiger partial charge is 0.326 e. The minimum Gasteiger partial charge on any atom is -0.480 e. The highest BCUT2D eigenvalue weighted by Gasteiger charge is 2.38. The molecular weight excluding hydrogens is 452 g/mol. The molecule has 0 radical (unpaired) electrons. The van der Waals surface area contributed by atoms with Gasteiger partial charge in [-0.15, -0.1) is 0 Å². The normalized spacial score (nSPS) is 17.6. The van der Waals surface area contributed by atoms with E-state index in [1.807, 2.05) is 0 Å². The Kier molecular flexibility index (Phi) is 10.2. The van der Waals surface area contributed by atoms with Crippen molar-refractivity contribution in [2.75, 3.05) is 6.54 Å². The molecule has 6 amide bonds. The SMILES string of the molecule is C=C(C)C(=O)N[C@@H](CC(N)=O)C(=O)N[C@@H](C)C(=O)N[C@@H](CC(N)=O)C(=O)N1CCC[C@H]1C(=O)O. The van der Waals surface area contributed by atoms with E-state index in [1.165, 1.54) is 13.8 Å². The molecule has 0 bridgehead atoms. The fourth-order valence-electron chi connectivity index (χ4n) is 3.26. The number of rotatable bonds is 12. The molecule has 0 aromatic carbocycles. The van der Waals surface area contributed by atoms with Crippen LogP contribution in [0.2, 0.25) is 0 Å². The summed E-state index contributed by atoms with van der Waals surface area (Å²) in [7, 11) is 0. The number of carboxylic acids is 1. The number of hydrogen-bond acceptors (Lipinski definition) is 7. The molecule has 0 spiro atoms. The van der Waals surface area contributed by atoms with Crippen molar-refractivity contribution in [3.63, 3.8) is 0 Å². The second-order valence-corrected chi connectivity index (χ2v) is 7.97. The minimum absolute atomic E-state index is 0.0717. The summed E-state index contributed by atoms with van der Waals surface area (Å²) in [5, 5.41) is 16.1. The van der Waals surface area contributed by atoms with Gasteiger partial charge in [-0.05, 0) is 26.7 Å². The molecule has 14 nitrogen and oxygen atoms in total. The molecule has 1 fully saturated rings. The van der Waals surface area contributed by atoms with Crippen LogP contribution in [0, 0.1) is 0 Å². The number of nitrogens with zero attached hydrogens (tertiary/aromatic N) is 1. The van der Waals surface area contributed by atoms with Crippen LogP contribution in [-0.4, -0.2) is 82.1 Å². The maximum Gasteiger partial charge on any atom is 0.326 e. The Hall–Kier alpha value is -3.97. The summed E-state index contributed by atoms with van der Waals surface area (Å²) in [5.41, 5.74) is 10.4. The summed E-state index contributed by atoms with van der Waals surface area (Å²) in [6.45, 7) is 6.20. The van der Waals surface area contributed by atoms with E-state index in [0.29, 0.717) is 6.42 Å². The first-order chi connectivity index (χ1) is 15.7. The van der Waals surface area contributed by atoms with Crippen LogP contribution in [0.3, 0.4) is 0 Å². The zero-order valence-corrected chi connectivity index (χ0v) is 19.0. The van der Waals surface area contributed by atoms with Crippen LogP contribution >= 0.6 is 0 Å². The molecular formula is C20H30N6O8. The lowest BCUT2D eigenvalue weighted by Crippen LogP contribution is -2.58. The lowest BCUT2D eigenvalue weighted by Gasteiger charge is -2.28. The molecule has 1 saturated heterocycles. The van der Waals surface area contributed by atoms with Gasteiger partial charge in [-0.2, -0.15) is 0 Å². The van der Waals surface area contributed by atoms with E-state index in [4.69, 9.17) is 11.5 Å². The largest absolute Gasteiger partial charge is 0.480 e. The summed E-state index contributed by atoms with van der Waals surface area (Å²) in [6.07, 6.45) is -0.480. The van der Waals surface area contributed by atoms with Crippen molar-refractivity contribution < 1.29 is 38.7 Å². The van der Waals surface area contributed by atoms with Crippen LogP contribution in [0.4, 0.5) is 0 Å². The zero-order chi connectivity index (χ0) is 26.2. The predicted octanol–water partition coefficient (Wildman–Crippen LogP) is -3.14. The maximum absolute atomic E-state index is 12.8. The van der Waals surface area contributed by atoms with Gasteiger partial charge in [0.25, 0.3) is 0 Å². The van der Waals surface area contributed by atoms with Gasteiger partial charge in [0.15, 0.2) is 0 Å². The zero-order valence-electron chi connectivity index (χ0n) is 19.0. The van der Waals surface area contributed by atoms with E-state index < -0.39 is 78.4 Å². The lowest BCUT2D eigenvalue weighted by molar-refractivity contribution is -0.149. The molecule has 8 N–H and O–H groups in total. The van der Waals surface area contributed by atoms with Crippen LogP contribution in [0.5, 0.6) is 0 Å². The molecule has 1 rings (SSSR count). The molecule has 0 aromatic rings. The van der Waals surface area contributed by atoms with E-state index in [1.54, 1.807) is 0 Å². The third-order valence-corrected chi connectivity index (χ3v) is 5.01. The van der Waals surface area contributed by atoms with E-state index in [9.17, 15) is 38.7 Å². The van der Waals surface area contributed by atoms with Gasteiger partial charge in [0.05, 0.1) is 12.8 Å². The first kappa shape index (κ1) is 28.1. The Bertz CT molecular complexity index is 888. The van der Waals surface area contributed by atoms with E-state index in [-0.39, 0.29) is 18.5 Å². The van der Waals surface area contributed by atoms with Gasteiger partial charge in [-0.25, -0.2) is 4.79 Å². The van der Waals surface area contributed by atoms with Crippen molar-refractivity contribution >= 4 is 41.4 Å². The first-order valence-electron chi connectivity index (χ1n) is 10.4. The lowest BCUT2D eigenvalue weighted by atomic mass is 10.1. The Morgan fingerprint density at radius 1 is 0.971 bits per heavy atom. The molecule has 0 aliphatic carbocycles. The highest BCUT2D eigenvalue weighted by molar-refractivity contribution is 5.99. The van der Waals surface area contributed by atoms with Crippen molar-refractivity contribution in [3.05, 3.63) is 12.2 Å². The van der Waals surface area contributed by atoms with Crippen LogP contribution in [-0.2, 0) is 33.6 Å². The van der Waals surface area contributed by atoms with E-state index in [0.717, 1.165) is 4.90 Å². The maximum atomic E-state index is 12.8. The number of likely N-dealkylation sites (tertiary alicyclic amines) is 1. The number of carbonyl (C=O) groups excluding carboxylic acids is 6. The molecule has 0 unspecified atom stereocenters. The Morgan fingerprint density at radius 2 is 1.53 bits per heavy atom. The van der Waals surface area contributed by atoms with Crippen molar-refractivity contribution in [2.24, 2.45) is 11.5 Å². The predicted molar refractivity (Wildman–Crippen MR) is 116 cm³/mol. The number of nitrogens with one attached hydrogen (secondary N) is 3. The van der Waals surface area contributed by atoms with Gasteiger partial charge < -0.3 is 37.4 Å². The molecule has 1 aliphatic heterocycles. The second-order valence-electron chi connectivity index (χ2n) is 7.97. The number of carbonyl (C=O) groups is 7. The van der Waals surface area contributed by atoms with Crippen LogP contribution < -0.4 is 27.4 Å². The highest BCUT2D eigenvalue weighted by atomic mass is 16.4. The fraction of sp³-hybridized carbons (Fsp3) is 0.550. The number of carboxylic acid groups (broad SMARTS) is 1. The topological polar surface area (TPSA) is 231 Å². The highest BCUT2D eigenvalue weighted by Crippen LogP contribution is 2.19. The van der Waals surface area contributed by atoms with Gasteiger partial charge in [0.2, 0.25) is 35.4 Å². The number of aliphatic carboxylic acids is 1. The van der Waals surface area contributed by atoms with Crippen LogP contribution in [0.1, 0.15) is 39.5 Å². The van der Waals surface area contributed by atoms with Crippen molar-refractivity contribution in [1.29, 1.82) is 0 Å².